The number of rotatable bonds is 6. The van der Waals surface area contributed by atoms with E-state index >= 15 is 0 Å². The molecule has 1 aliphatic rings. The van der Waals surface area contributed by atoms with E-state index in [0.717, 1.165) is 24.3 Å². The standard InChI is InChI=1S/C20H28ClN5O/c1-20(2,25-10-4-3-5-11-25)15-23-19(27)22-12-16-13-24-26(14-16)18-8-6-17(21)7-9-18/h6-9,13-14H,3-5,10-12,15H2,1-2H3,(H2,22,23,27). The van der Waals surface area contributed by atoms with Gasteiger partial charge in [-0.05, 0) is 64.0 Å². The molecule has 2 amide bonds. The van der Waals surface area contributed by atoms with Gasteiger partial charge in [0.05, 0.1) is 11.9 Å². The molecule has 7 heteroatoms. The Bertz CT molecular complexity index is 750. The van der Waals surface area contributed by atoms with Crippen molar-refractivity contribution < 1.29 is 4.79 Å². The van der Waals surface area contributed by atoms with Crippen LogP contribution in [0.5, 0.6) is 0 Å². The SMILES string of the molecule is CC(C)(CNC(=O)NCc1cnn(-c2ccc(Cl)cc2)c1)N1CCCCC1. The molecule has 1 aromatic carbocycles. The molecule has 0 spiro atoms. The van der Waals surface area contributed by atoms with Gasteiger partial charge in [0.1, 0.15) is 0 Å². The number of hydrogen-bond donors (Lipinski definition) is 2. The number of amides is 2. The number of aromatic nitrogens is 2. The molecule has 0 bridgehead atoms. The first-order valence-electron chi connectivity index (χ1n) is 9.50. The molecule has 1 aliphatic heterocycles. The molecule has 2 N–H and O–H groups in total. The van der Waals surface area contributed by atoms with Crippen molar-refractivity contribution in [2.45, 2.75) is 45.2 Å². The van der Waals surface area contributed by atoms with E-state index < -0.39 is 0 Å². The maximum absolute atomic E-state index is 12.2. The second kappa shape index (κ2) is 8.76. The Morgan fingerprint density at radius 3 is 2.56 bits per heavy atom. The number of nitrogens with zero attached hydrogens (tertiary/aromatic N) is 3. The number of piperidine rings is 1. The van der Waals surface area contributed by atoms with Gasteiger partial charge in [-0.3, -0.25) is 4.90 Å². The van der Waals surface area contributed by atoms with Crippen molar-refractivity contribution in [2.24, 2.45) is 0 Å². The number of likely N-dealkylation sites (tertiary alicyclic amines) is 1. The molecular weight excluding hydrogens is 362 g/mol. The van der Waals surface area contributed by atoms with Crippen LogP contribution in [-0.4, -0.2) is 45.9 Å². The van der Waals surface area contributed by atoms with Gasteiger partial charge in [0.25, 0.3) is 0 Å². The van der Waals surface area contributed by atoms with E-state index in [0.29, 0.717) is 18.1 Å². The Morgan fingerprint density at radius 2 is 1.85 bits per heavy atom. The lowest BCUT2D eigenvalue weighted by atomic mass is 9.98. The summed E-state index contributed by atoms with van der Waals surface area (Å²) in [6, 6.07) is 7.31. The normalized spacial score (nSPS) is 15.5. The predicted octanol–water partition coefficient (Wildman–Crippen LogP) is 3.59. The maximum Gasteiger partial charge on any atom is 0.315 e. The maximum atomic E-state index is 12.2. The first kappa shape index (κ1) is 19.7. The highest BCUT2D eigenvalue weighted by atomic mass is 35.5. The third-order valence-electron chi connectivity index (χ3n) is 5.07. The Hall–Kier alpha value is -2.05. The van der Waals surface area contributed by atoms with E-state index in [1.165, 1.54) is 19.3 Å². The highest BCUT2D eigenvalue weighted by molar-refractivity contribution is 6.30. The second-order valence-corrected chi connectivity index (χ2v) is 8.10. The first-order chi connectivity index (χ1) is 12.9. The number of urea groups is 1. The minimum Gasteiger partial charge on any atom is -0.336 e. The van der Waals surface area contributed by atoms with Crippen LogP contribution in [0.2, 0.25) is 5.02 Å². The minimum atomic E-state index is -0.153. The summed E-state index contributed by atoms with van der Waals surface area (Å²) in [6.07, 6.45) is 7.46. The van der Waals surface area contributed by atoms with Crippen LogP contribution in [-0.2, 0) is 6.54 Å². The fraction of sp³-hybridized carbons (Fsp3) is 0.500. The summed E-state index contributed by atoms with van der Waals surface area (Å²) in [5.74, 6) is 0. The van der Waals surface area contributed by atoms with E-state index in [-0.39, 0.29) is 11.6 Å². The summed E-state index contributed by atoms with van der Waals surface area (Å²) in [6.45, 7) is 7.66. The second-order valence-electron chi connectivity index (χ2n) is 7.67. The summed E-state index contributed by atoms with van der Waals surface area (Å²) in [5, 5.41) is 10.9. The van der Waals surface area contributed by atoms with Gasteiger partial charge in [-0.15, -0.1) is 0 Å². The average molecular weight is 390 g/mol. The highest BCUT2D eigenvalue weighted by Gasteiger charge is 2.28. The summed E-state index contributed by atoms with van der Waals surface area (Å²) in [5.41, 5.74) is 1.84. The van der Waals surface area contributed by atoms with Crippen LogP contribution in [0.15, 0.2) is 36.7 Å². The van der Waals surface area contributed by atoms with Crippen LogP contribution in [0.1, 0.15) is 38.7 Å². The van der Waals surface area contributed by atoms with Crippen molar-refractivity contribution >= 4 is 17.6 Å². The molecule has 3 rings (SSSR count). The third kappa shape index (κ3) is 5.47. The van der Waals surface area contributed by atoms with Gasteiger partial charge in [0.15, 0.2) is 0 Å². The van der Waals surface area contributed by atoms with Gasteiger partial charge >= 0.3 is 6.03 Å². The number of benzene rings is 1. The van der Waals surface area contributed by atoms with E-state index in [1.54, 1.807) is 10.9 Å². The lowest BCUT2D eigenvalue weighted by Crippen LogP contribution is -2.54. The Kier molecular flexibility index (Phi) is 6.39. The molecule has 146 valence electrons. The molecule has 2 aromatic rings. The first-order valence-corrected chi connectivity index (χ1v) is 9.88. The van der Waals surface area contributed by atoms with Crippen LogP contribution >= 0.6 is 11.6 Å². The van der Waals surface area contributed by atoms with E-state index in [9.17, 15) is 4.79 Å². The molecule has 1 saturated heterocycles. The van der Waals surface area contributed by atoms with Crippen LogP contribution in [0.25, 0.3) is 5.69 Å². The summed E-state index contributed by atoms with van der Waals surface area (Å²) < 4.78 is 1.77. The number of carbonyl (C=O) groups is 1. The van der Waals surface area contributed by atoms with Crippen LogP contribution in [0.4, 0.5) is 4.79 Å². The molecule has 27 heavy (non-hydrogen) atoms. The average Bonchev–Trinajstić information content (AvgIpc) is 3.15. The van der Waals surface area contributed by atoms with Gasteiger partial charge in [-0.2, -0.15) is 5.10 Å². The van der Waals surface area contributed by atoms with Crippen molar-refractivity contribution in [1.29, 1.82) is 0 Å². The number of hydrogen-bond acceptors (Lipinski definition) is 3. The van der Waals surface area contributed by atoms with Gasteiger partial charge in [-0.1, -0.05) is 18.0 Å². The van der Waals surface area contributed by atoms with Crippen LogP contribution < -0.4 is 10.6 Å². The van der Waals surface area contributed by atoms with Gasteiger partial charge in [0, 0.05) is 35.4 Å². The molecule has 0 unspecified atom stereocenters. The molecule has 0 saturated carbocycles. The number of carbonyl (C=O) groups excluding carboxylic acids is 1. The highest BCUT2D eigenvalue weighted by Crippen LogP contribution is 2.19. The summed E-state index contributed by atoms with van der Waals surface area (Å²) in [7, 11) is 0. The lowest BCUT2D eigenvalue weighted by Gasteiger charge is -2.41. The minimum absolute atomic E-state index is 0.0305. The molecule has 0 atom stereocenters. The van der Waals surface area contributed by atoms with Gasteiger partial charge in [-0.25, -0.2) is 9.48 Å². The zero-order chi connectivity index (χ0) is 19.3. The topological polar surface area (TPSA) is 62.2 Å². The third-order valence-corrected chi connectivity index (χ3v) is 5.33. The fourth-order valence-electron chi connectivity index (χ4n) is 3.34. The number of halogens is 1. The van der Waals surface area contributed by atoms with Crippen molar-refractivity contribution in [3.05, 3.63) is 47.2 Å². The number of nitrogens with one attached hydrogen (secondary N) is 2. The molecule has 6 nitrogen and oxygen atoms in total. The van der Waals surface area contributed by atoms with Crippen LogP contribution in [0, 0.1) is 0 Å². The predicted molar refractivity (Wildman–Crippen MR) is 108 cm³/mol. The lowest BCUT2D eigenvalue weighted by molar-refractivity contribution is 0.0960. The van der Waals surface area contributed by atoms with Gasteiger partial charge in [0.2, 0.25) is 0 Å². The van der Waals surface area contributed by atoms with Gasteiger partial charge < -0.3 is 10.6 Å². The Morgan fingerprint density at radius 1 is 1.15 bits per heavy atom. The summed E-state index contributed by atoms with van der Waals surface area (Å²) >= 11 is 5.91. The summed E-state index contributed by atoms with van der Waals surface area (Å²) in [4.78, 5) is 14.6. The van der Waals surface area contributed by atoms with Crippen molar-refractivity contribution in [3.63, 3.8) is 0 Å². The smallest absolute Gasteiger partial charge is 0.315 e. The molecule has 1 fully saturated rings. The zero-order valence-corrected chi connectivity index (χ0v) is 16.8. The van der Waals surface area contributed by atoms with Crippen molar-refractivity contribution in [1.82, 2.24) is 25.3 Å². The quantitative estimate of drug-likeness (QED) is 0.793. The fourth-order valence-corrected chi connectivity index (χ4v) is 3.46. The molecule has 2 heterocycles. The Balaban J connectivity index is 1.46. The van der Waals surface area contributed by atoms with E-state index in [1.807, 2.05) is 30.5 Å². The van der Waals surface area contributed by atoms with Crippen LogP contribution in [0.3, 0.4) is 0 Å². The molecular formula is C20H28ClN5O. The van der Waals surface area contributed by atoms with E-state index in [2.05, 4.69) is 34.5 Å². The molecule has 0 aliphatic carbocycles. The molecule has 1 aromatic heterocycles. The monoisotopic (exact) mass is 389 g/mol. The molecule has 0 radical (unpaired) electrons. The largest absolute Gasteiger partial charge is 0.336 e. The van der Waals surface area contributed by atoms with E-state index in [4.69, 9.17) is 11.6 Å². The Labute approximate surface area is 165 Å². The zero-order valence-electron chi connectivity index (χ0n) is 16.0. The van der Waals surface area contributed by atoms with Crippen molar-refractivity contribution in [2.75, 3.05) is 19.6 Å². The van der Waals surface area contributed by atoms with Crippen molar-refractivity contribution in [3.8, 4) is 5.69 Å².